The van der Waals surface area contributed by atoms with Crippen LogP contribution in [0.25, 0.3) is 0 Å². The summed E-state index contributed by atoms with van der Waals surface area (Å²) in [7, 11) is 0. The summed E-state index contributed by atoms with van der Waals surface area (Å²) < 4.78 is 0. The summed E-state index contributed by atoms with van der Waals surface area (Å²) in [6.45, 7) is 0. The van der Waals surface area contributed by atoms with E-state index in [1.165, 1.54) is 103 Å². The molecule has 1 rings (SSSR count). The van der Waals surface area contributed by atoms with Gasteiger partial charge in [0.1, 0.15) is 0 Å². The van der Waals surface area contributed by atoms with Crippen molar-refractivity contribution in [1.82, 2.24) is 0 Å². The quantitative estimate of drug-likeness (QED) is 0.457. The number of hydrogen-bond acceptors (Lipinski definition) is 0. The Bertz CT molecular complexity index is 64.0. The van der Waals surface area contributed by atoms with Crippen LogP contribution in [0.5, 0.6) is 0 Å². The summed E-state index contributed by atoms with van der Waals surface area (Å²) in [5.74, 6) is 0. The molecule has 0 radical (unpaired) electrons. The van der Waals surface area contributed by atoms with Gasteiger partial charge >= 0.3 is 0 Å². The third kappa shape index (κ3) is 9.24. The minimum atomic E-state index is 1.50. The normalized spacial score (nSPS) is 24.0. The zero-order chi connectivity index (χ0) is 11.3. The predicted octanol–water partition coefficient (Wildman–Crippen LogP) is 6.24. The first kappa shape index (κ1) is 14.1. The van der Waals surface area contributed by atoms with Gasteiger partial charge in [0.25, 0.3) is 0 Å². The lowest BCUT2D eigenvalue weighted by Crippen LogP contribution is -1.85. The van der Waals surface area contributed by atoms with Crippen LogP contribution in [-0.2, 0) is 0 Å². The molecule has 0 unspecified atom stereocenters. The lowest BCUT2D eigenvalue weighted by molar-refractivity contribution is 0.504. The zero-order valence-corrected chi connectivity index (χ0v) is 11.3. The second-order valence-electron chi connectivity index (χ2n) is 5.66. The van der Waals surface area contributed by atoms with Crippen LogP contribution in [0.15, 0.2) is 0 Å². The van der Waals surface area contributed by atoms with Crippen molar-refractivity contribution in [1.29, 1.82) is 0 Å². The molecule has 1 aliphatic rings. The highest BCUT2D eigenvalue weighted by Crippen LogP contribution is 2.16. The van der Waals surface area contributed by atoms with Crippen LogP contribution >= 0.6 is 0 Å². The molecule has 0 aromatic heterocycles. The number of hydrogen-bond donors (Lipinski definition) is 0. The van der Waals surface area contributed by atoms with Crippen molar-refractivity contribution in [3.05, 3.63) is 0 Å². The molecule has 0 nitrogen and oxygen atoms in total. The van der Waals surface area contributed by atoms with Gasteiger partial charge in [-0.15, -0.1) is 0 Å². The molecule has 16 heavy (non-hydrogen) atoms. The second-order valence-corrected chi connectivity index (χ2v) is 5.66. The molecule has 0 aromatic carbocycles. The van der Waals surface area contributed by atoms with Gasteiger partial charge in [-0.05, 0) is 0 Å². The first-order valence-electron chi connectivity index (χ1n) is 8.00. The zero-order valence-electron chi connectivity index (χ0n) is 11.3. The maximum Gasteiger partial charge on any atom is -0.0533 e. The monoisotopic (exact) mass is 224 g/mol. The van der Waals surface area contributed by atoms with Crippen LogP contribution < -0.4 is 0 Å². The predicted molar refractivity (Wildman–Crippen MR) is 73.9 cm³/mol. The van der Waals surface area contributed by atoms with E-state index in [0.29, 0.717) is 0 Å². The molecular weight excluding hydrogens is 192 g/mol. The fourth-order valence-corrected chi connectivity index (χ4v) is 2.83. The fraction of sp³-hybridized carbons (Fsp3) is 1.00. The smallest absolute Gasteiger partial charge is 0.0533 e. The molecule has 1 fully saturated rings. The summed E-state index contributed by atoms with van der Waals surface area (Å²) in [4.78, 5) is 0. The Morgan fingerprint density at radius 2 is 0.188 bits per heavy atom. The Hall–Kier alpha value is 0. The fourth-order valence-electron chi connectivity index (χ4n) is 2.83. The molecule has 0 bridgehead atoms. The Morgan fingerprint density at radius 3 is 0.250 bits per heavy atom. The molecule has 1 aliphatic carbocycles. The molecular formula is C16H32. The van der Waals surface area contributed by atoms with Crippen LogP contribution in [0.1, 0.15) is 103 Å². The van der Waals surface area contributed by atoms with Gasteiger partial charge in [0.15, 0.2) is 0 Å². The molecule has 0 heteroatoms. The standard InChI is InChI=1S/C16H32/c1-2-4-6-8-10-12-14-16-15-13-11-9-7-5-3-1/h1-16H2. The van der Waals surface area contributed by atoms with E-state index in [0.717, 1.165) is 0 Å². The van der Waals surface area contributed by atoms with Gasteiger partial charge in [-0.3, -0.25) is 0 Å². The van der Waals surface area contributed by atoms with Gasteiger partial charge in [0.2, 0.25) is 0 Å². The van der Waals surface area contributed by atoms with E-state index in [1.807, 2.05) is 0 Å². The molecule has 0 aliphatic heterocycles. The van der Waals surface area contributed by atoms with E-state index >= 15 is 0 Å². The summed E-state index contributed by atoms with van der Waals surface area (Å²) in [6, 6.07) is 0. The topological polar surface area (TPSA) is 0 Å². The Kier molecular flexibility index (Phi) is 10.1. The minimum absolute atomic E-state index is 1.50. The van der Waals surface area contributed by atoms with Gasteiger partial charge in [-0.25, -0.2) is 0 Å². The molecule has 0 atom stereocenters. The first-order valence-corrected chi connectivity index (χ1v) is 8.00. The summed E-state index contributed by atoms with van der Waals surface area (Å²) >= 11 is 0. The Morgan fingerprint density at radius 1 is 0.125 bits per heavy atom. The highest BCUT2D eigenvalue weighted by molar-refractivity contribution is 4.52. The van der Waals surface area contributed by atoms with Crippen molar-refractivity contribution in [3.8, 4) is 0 Å². The molecule has 0 heterocycles. The molecule has 0 saturated heterocycles. The third-order valence-corrected chi connectivity index (χ3v) is 4.00. The molecule has 96 valence electrons. The van der Waals surface area contributed by atoms with E-state index in [2.05, 4.69) is 0 Å². The van der Waals surface area contributed by atoms with E-state index < -0.39 is 0 Å². The summed E-state index contributed by atoms with van der Waals surface area (Å²) in [6.07, 6.45) is 24.0. The van der Waals surface area contributed by atoms with Crippen molar-refractivity contribution in [2.45, 2.75) is 103 Å². The van der Waals surface area contributed by atoms with E-state index in [1.54, 1.807) is 0 Å². The largest absolute Gasteiger partial charge is 0.0533 e. The van der Waals surface area contributed by atoms with Crippen molar-refractivity contribution in [2.75, 3.05) is 0 Å². The van der Waals surface area contributed by atoms with Crippen LogP contribution in [0, 0.1) is 0 Å². The maximum atomic E-state index is 1.50. The molecule has 0 amide bonds. The minimum Gasteiger partial charge on any atom is -0.0533 e. The van der Waals surface area contributed by atoms with Gasteiger partial charge < -0.3 is 0 Å². The third-order valence-electron chi connectivity index (χ3n) is 4.00. The van der Waals surface area contributed by atoms with E-state index in [9.17, 15) is 0 Å². The van der Waals surface area contributed by atoms with Gasteiger partial charge in [0, 0.05) is 0 Å². The van der Waals surface area contributed by atoms with Crippen LogP contribution in [0.2, 0.25) is 0 Å². The van der Waals surface area contributed by atoms with Crippen molar-refractivity contribution < 1.29 is 0 Å². The van der Waals surface area contributed by atoms with Gasteiger partial charge in [-0.2, -0.15) is 0 Å². The average Bonchev–Trinajstić information content (AvgIpc) is 2.29. The molecule has 0 aromatic rings. The highest BCUT2D eigenvalue weighted by Gasteiger charge is 1.96. The van der Waals surface area contributed by atoms with Crippen molar-refractivity contribution in [3.63, 3.8) is 0 Å². The summed E-state index contributed by atoms with van der Waals surface area (Å²) in [5, 5.41) is 0. The van der Waals surface area contributed by atoms with Crippen LogP contribution in [0.3, 0.4) is 0 Å². The van der Waals surface area contributed by atoms with Crippen LogP contribution in [0.4, 0.5) is 0 Å². The summed E-state index contributed by atoms with van der Waals surface area (Å²) in [5.41, 5.74) is 0. The van der Waals surface area contributed by atoms with Crippen LogP contribution in [-0.4, -0.2) is 0 Å². The highest BCUT2D eigenvalue weighted by atomic mass is 14.0. The van der Waals surface area contributed by atoms with E-state index in [-0.39, 0.29) is 0 Å². The van der Waals surface area contributed by atoms with E-state index in [4.69, 9.17) is 0 Å². The molecule has 0 N–H and O–H groups in total. The maximum absolute atomic E-state index is 1.50. The van der Waals surface area contributed by atoms with Gasteiger partial charge in [0.05, 0.1) is 0 Å². The van der Waals surface area contributed by atoms with Crippen molar-refractivity contribution in [2.24, 2.45) is 0 Å². The Labute approximate surface area is 103 Å². The lowest BCUT2D eigenvalue weighted by atomic mass is 10.0. The van der Waals surface area contributed by atoms with Crippen molar-refractivity contribution >= 4 is 0 Å². The average molecular weight is 224 g/mol. The Balaban J connectivity index is 2.00. The molecule has 1 saturated carbocycles. The second kappa shape index (κ2) is 11.5. The lowest BCUT2D eigenvalue weighted by Gasteiger charge is -2.05. The SMILES string of the molecule is C1CCCCCCCCCCCCCCC1. The van der Waals surface area contributed by atoms with Gasteiger partial charge in [-0.1, -0.05) is 103 Å². The number of rotatable bonds is 0. The molecule has 0 spiro atoms. The first-order chi connectivity index (χ1) is 8.00.